The quantitative estimate of drug-likeness (QED) is 0.191. The molecule has 0 aliphatic heterocycles. The van der Waals surface area contributed by atoms with Gasteiger partial charge < -0.3 is 25.8 Å². The summed E-state index contributed by atoms with van der Waals surface area (Å²) in [6.45, 7) is 8.68. The molecule has 0 radical (unpaired) electrons. The van der Waals surface area contributed by atoms with Crippen molar-refractivity contribution in [3.05, 3.63) is 83.4 Å². The molecule has 0 saturated carbocycles. The van der Waals surface area contributed by atoms with E-state index in [0.717, 1.165) is 30.2 Å². The van der Waals surface area contributed by atoms with Crippen LogP contribution in [0.2, 0.25) is 0 Å². The number of halogens is 2. The van der Waals surface area contributed by atoms with Crippen LogP contribution in [0.25, 0.3) is 0 Å². The highest BCUT2D eigenvalue weighted by Crippen LogP contribution is 2.19. The fourth-order valence-electron chi connectivity index (χ4n) is 5.13. The van der Waals surface area contributed by atoms with E-state index in [1.807, 2.05) is 39.0 Å². The van der Waals surface area contributed by atoms with E-state index in [9.17, 15) is 31.9 Å². The molecule has 0 spiro atoms. The second kappa shape index (κ2) is 18.6. The highest BCUT2D eigenvalue weighted by Gasteiger charge is 2.36. The Kier molecular flexibility index (Phi) is 15.6. The first-order valence-corrected chi connectivity index (χ1v) is 17.1. The third kappa shape index (κ3) is 12.5. The molecule has 0 unspecified atom stereocenters. The highest BCUT2D eigenvalue weighted by molar-refractivity contribution is 7.92. The lowest BCUT2D eigenvalue weighted by Gasteiger charge is -2.32. The molecule has 0 saturated heterocycles. The molecular formula is C33H47F2N3O6S. The fraction of sp³-hybridized carbons (Fsp3) is 0.515. The standard InChI is InChI=1S/C33H47F2N3O6S/c1-5-10-28(11-6-2)45(42,43)22-30(37-33(41)44-14-7-3)32(40)38(20-24-13-9-12-23(8-4)15-24)21-31(39)29(36)18-25-16-26(34)19-27(35)17-25/h7,9,12-13,15-17,19,28-31,39H,3,5-6,8,10-11,14,18,20-22,36H2,1-2,4H3,(H,37,41)/t29-,30+,31+/m0/s1. The van der Waals surface area contributed by atoms with Gasteiger partial charge in [-0.05, 0) is 54.5 Å². The molecule has 4 N–H and O–H groups in total. The molecule has 2 aromatic carbocycles. The van der Waals surface area contributed by atoms with Crippen molar-refractivity contribution < 1.29 is 36.6 Å². The Hall–Kier alpha value is -3.35. The van der Waals surface area contributed by atoms with Crippen molar-refractivity contribution in [1.82, 2.24) is 10.2 Å². The Morgan fingerprint density at radius 3 is 2.24 bits per heavy atom. The maximum Gasteiger partial charge on any atom is 0.408 e. The number of alkyl carbamates (subject to hydrolysis) is 1. The second-order valence-electron chi connectivity index (χ2n) is 11.2. The third-order valence-corrected chi connectivity index (χ3v) is 9.72. The van der Waals surface area contributed by atoms with Crippen molar-refractivity contribution in [3.8, 4) is 0 Å². The van der Waals surface area contributed by atoms with Crippen molar-refractivity contribution in [1.29, 1.82) is 0 Å². The zero-order chi connectivity index (χ0) is 33.6. The SMILES string of the molecule is C=CCOC(=O)N[C@H](CS(=O)(=O)C(CCC)CCC)C(=O)N(Cc1cccc(CC)c1)C[C@@H](O)[C@@H](N)Cc1cc(F)cc(F)c1. The van der Waals surface area contributed by atoms with Crippen LogP contribution < -0.4 is 11.1 Å². The van der Waals surface area contributed by atoms with Gasteiger partial charge in [-0.2, -0.15) is 0 Å². The van der Waals surface area contributed by atoms with Gasteiger partial charge in [0.1, 0.15) is 24.3 Å². The van der Waals surface area contributed by atoms with Crippen molar-refractivity contribution >= 4 is 21.8 Å². The molecule has 0 aromatic heterocycles. The number of sulfone groups is 1. The zero-order valence-electron chi connectivity index (χ0n) is 26.4. The number of carbonyl (C=O) groups is 2. The summed E-state index contributed by atoms with van der Waals surface area (Å²) in [6.07, 6.45) is 1.65. The van der Waals surface area contributed by atoms with Crippen LogP contribution in [0.4, 0.5) is 13.6 Å². The summed E-state index contributed by atoms with van der Waals surface area (Å²) in [6, 6.07) is 7.80. The van der Waals surface area contributed by atoms with E-state index < -0.39 is 62.7 Å². The first-order valence-electron chi connectivity index (χ1n) is 15.3. The van der Waals surface area contributed by atoms with Crippen LogP contribution in [0.15, 0.2) is 55.1 Å². The maximum absolute atomic E-state index is 14.2. The van der Waals surface area contributed by atoms with Gasteiger partial charge in [0.2, 0.25) is 5.91 Å². The monoisotopic (exact) mass is 651 g/mol. The number of aliphatic hydroxyl groups is 1. The smallest absolute Gasteiger partial charge is 0.408 e. The number of aliphatic hydroxyl groups excluding tert-OH is 1. The van der Waals surface area contributed by atoms with Crippen molar-refractivity contribution in [2.24, 2.45) is 5.73 Å². The number of carbonyl (C=O) groups excluding carboxylic acids is 2. The largest absolute Gasteiger partial charge is 0.445 e. The molecule has 45 heavy (non-hydrogen) atoms. The van der Waals surface area contributed by atoms with Crippen molar-refractivity contribution in [2.75, 3.05) is 18.9 Å². The van der Waals surface area contributed by atoms with Crippen molar-refractivity contribution in [3.63, 3.8) is 0 Å². The highest BCUT2D eigenvalue weighted by atomic mass is 32.2. The molecule has 250 valence electrons. The summed E-state index contributed by atoms with van der Waals surface area (Å²) in [5.74, 6) is -3.01. The third-order valence-electron chi connectivity index (χ3n) is 7.43. The molecule has 2 rings (SSSR count). The molecule has 9 nitrogen and oxygen atoms in total. The van der Waals surface area contributed by atoms with Gasteiger partial charge in [0.15, 0.2) is 9.84 Å². The Balaban J connectivity index is 2.45. The summed E-state index contributed by atoms with van der Waals surface area (Å²) < 4.78 is 59.7. The van der Waals surface area contributed by atoms with Crippen molar-refractivity contribution in [2.45, 2.75) is 89.3 Å². The van der Waals surface area contributed by atoms with E-state index in [-0.39, 0.29) is 31.7 Å². The van der Waals surface area contributed by atoms with Gasteiger partial charge in [-0.1, -0.05) is 70.5 Å². The van der Waals surface area contributed by atoms with Gasteiger partial charge in [-0.3, -0.25) is 4.79 Å². The van der Waals surface area contributed by atoms with E-state index in [4.69, 9.17) is 10.5 Å². The topological polar surface area (TPSA) is 139 Å². The minimum Gasteiger partial charge on any atom is -0.445 e. The number of nitrogens with two attached hydrogens (primary N) is 1. The first-order chi connectivity index (χ1) is 21.3. The van der Waals surface area contributed by atoms with Crippen LogP contribution in [0.1, 0.15) is 63.1 Å². The molecule has 0 aliphatic rings. The van der Waals surface area contributed by atoms with E-state index >= 15 is 0 Å². The number of nitrogens with zero attached hydrogens (tertiary/aromatic N) is 1. The number of hydrogen-bond acceptors (Lipinski definition) is 7. The van der Waals surface area contributed by atoms with Gasteiger partial charge in [0, 0.05) is 25.2 Å². The second-order valence-corrected chi connectivity index (χ2v) is 13.5. The van der Waals surface area contributed by atoms with E-state index in [0.29, 0.717) is 31.2 Å². The van der Waals surface area contributed by atoms with Crippen LogP contribution in [0.3, 0.4) is 0 Å². The van der Waals surface area contributed by atoms with Crippen LogP contribution >= 0.6 is 0 Å². The molecule has 12 heteroatoms. The molecule has 3 atom stereocenters. The molecule has 2 aromatic rings. The average molecular weight is 652 g/mol. The average Bonchev–Trinajstić information content (AvgIpc) is 2.98. The fourth-order valence-corrected chi connectivity index (χ4v) is 7.28. The maximum atomic E-state index is 14.2. The molecule has 0 fully saturated rings. The summed E-state index contributed by atoms with van der Waals surface area (Å²) in [4.78, 5) is 28.0. The van der Waals surface area contributed by atoms with Gasteiger partial charge in [-0.25, -0.2) is 22.0 Å². The lowest BCUT2D eigenvalue weighted by Crippen LogP contribution is -2.55. The number of aryl methyl sites for hydroxylation is 1. The minimum absolute atomic E-state index is 0.0294. The lowest BCUT2D eigenvalue weighted by atomic mass is 10.0. The number of amides is 2. The summed E-state index contributed by atoms with van der Waals surface area (Å²) in [7, 11) is -3.86. The predicted octanol–water partition coefficient (Wildman–Crippen LogP) is 4.45. The number of hydrogen-bond donors (Lipinski definition) is 3. The van der Waals surface area contributed by atoms with E-state index in [1.54, 1.807) is 6.07 Å². The molecule has 0 bridgehead atoms. The molecule has 2 amide bonds. The Labute approximate surface area is 265 Å². The Morgan fingerprint density at radius 1 is 1.04 bits per heavy atom. The lowest BCUT2D eigenvalue weighted by molar-refractivity contribution is -0.135. The van der Waals surface area contributed by atoms with Gasteiger partial charge in [-0.15, -0.1) is 0 Å². The minimum atomic E-state index is -3.86. The zero-order valence-corrected chi connectivity index (χ0v) is 27.2. The van der Waals surface area contributed by atoms with Crippen LogP contribution in [-0.2, 0) is 38.8 Å². The number of nitrogens with one attached hydrogen (secondary N) is 1. The van der Waals surface area contributed by atoms with Crippen LogP contribution in [-0.4, -0.2) is 72.8 Å². The first kappa shape index (κ1) is 37.8. The summed E-state index contributed by atoms with van der Waals surface area (Å²) in [5.41, 5.74) is 8.16. The van der Waals surface area contributed by atoms with Gasteiger partial charge in [0.05, 0.1) is 17.1 Å². The van der Waals surface area contributed by atoms with E-state index in [1.165, 1.54) is 11.0 Å². The summed E-state index contributed by atoms with van der Waals surface area (Å²) in [5, 5.41) is 12.8. The number of rotatable bonds is 19. The molecule has 0 aliphatic carbocycles. The Morgan fingerprint density at radius 2 is 1.67 bits per heavy atom. The van der Waals surface area contributed by atoms with E-state index in [2.05, 4.69) is 11.9 Å². The van der Waals surface area contributed by atoms with Crippen LogP contribution in [0, 0.1) is 11.6 Å². The normalized spacial score (nSPS) is 13.6. The predicted molar refractivity (Wildman–Crippen MR) is 171 cm³/mol. The Bertz CT molecular complexity index is 1350. The van der Waals surface area contributed by atoms with Crippen LogP contribution in [0.5, 0.6) is 0 Å². The summed E-state index contributed by atoms with van der Waals surface area (Å²) >= 11 is 0. The number of ether oxygens (including phenoxy) is 1. The van der Waals surface area contributed by atoms with Gasteiger partial charge >= 0.3 is 6.09 Å². The van der Waals surface area contributed by atoms with Gasteiger partial charge in [0.25, 0.3) is 0 Å². The molecule has 0 heterocycles. The molecular weight excluding hydrogens is 604 g/mol. The number of benzene rings is 2.